The van der Waals surface area contributed by atoms with Crippen LogP contribution in [0.25, 0.3) is 0 Å². The monoisotopic (exact) mass is 335 g/mol. The zero-order chi connectivity index (χ0) is 16.8. The minimum absolute atomic E-state index is 0.0266. The molecule has 0 spiro atoms. The number of nitrogens with zero attached hydrogens (tertiary/aromatic N) is 2. The average molecular weight is 335 g/mol. The van der Waals surface area contributed by atoms with E-state index in [4.69, 9.17) is 9.47 Å². The number of aromatic nitrogens is 2. The van der Waals surface area contributed by atoms with Gasteiger partial charge >= 0.3 is 0 Å². The summed E-state index contributed by atoms with van der Waals surface area (Å²) < 4.78 is 10.5. The number of anilines is 1. The van der Waals surface area contributed by atoms with E-state index in [1.807, 2.05) is 32.0 Å². The summed E-state index contributed by atoms with van der Waals surface area (Å²) in [6.07, 6.45) is 1.42. The summed E-state index contributed by atoms with van der Waals surface area (Å²) in [5, 5.41) is 12.3. The summed E-state index contributed by atoms with van der Waals surface area (Å²) in [6, 6.07) is 5.73. The molecule has 0 saturated carbocycles. The predicted molar refractivity (Wildman–Crippen MR) is 90.3 cm³/mol. The molecule has 124 valence electrons. The second kappa shape index (κ2) is 7.92. The topological polar surface area (TPSA) is 73.3 Å². The maximum Gasteiger partial charge on any atom is 0.229 e. The van der Waals surface area contributed by atoms with Gasteiger partial charge in [-0.25, -0.2) is 0 Å². The Morgan fingerprint density at radius 3 is 2.65 bits per heavy atom. The Hall–Kier alpha value is -2.15. The summed E-state index contributed by atoms with van der Waals surface area (Å²) in [6.45, 7) is 3.87. The lowest BCUT2D eigenvalue weighted by Crippen LogP contribution is -2.19. The van der Waals surface area contributed by atoms with Gasteiger partial charge in [0.15, 0.2) is 11.5 Å². The summed E-state index contributed by atoms with van der Waals surface area (Å²) in [5.41, 5.74) is 1.04. The van der Waals surface area contributed by atoms with E-state index in [0.29, 0.717) is 23.1 Å². The number of amides is 1. The van der Waals surface area contributed by atoms with Gasteiger partial charge in [-0.1, -0.05) is 31.3 Å². The first kappa shape index (κ1) is 17.2. The third-order valence-corrected chi connectivity index (χ3v) is 4.40. The Balaban J connectivity index is 2.06. The maximum atomic E-state index is 11.9. The molecule has 2 rings (SSSR count). The SMILES string of the molecule is CC[C@@H](C)C(=O)Nc1nnc(Cc2ccc(OC)c(OC)c2)s1. The number of benzene rings is 1. The number of methoxy groups -OCH3 is 2. The normalized spacial score (nSPS) is 11.8. The molecule has 0 aliphatic rings. The number of carbonyl (C=O) groups is 1. The number of hydrogen-bond acceptors (Lipinski definition) is 6. The third-order valence-electron chi connectivity index (χ3n) is 3.56. The molecule has 0 aliphatic heterocycles. The molecule has 7 heteroatoms. The van der Waals surface area contributed by atoms with Gasteiger partial charge in [0.2, 0.25) is 11.0 Å². The second-order valence-electron chi connectivity index (χ2n) is 5.17. The van der Waals surface area contributed by atoms with Crippen molar-refractivity contribution in [3.8, 4) is 11.5 Å². The van der Waals surface area contributed by atoms with Crippen LogP contribution in [0.3, 0.4) is 0 Å². The molecule has 0 fully saturated rings. The van der Waals surface area contributed by atoms with Crippen molar-refractivity contribution in [2.75, 3.05) is 19.5 Å². The first-order chi connectivity index (χ1) is 11.1. The van der Waals surface area contributed by atoms with Crippen LogP contribution in [0, 0.1) is 5.92 Å². The molecule has 1 aromatic heterocycles. The summed E-state index contributed by atoms with van der Waals surface area (Å²) in [4.78, 5) is 11.9. The van der Waals surface area contributed by atoms with E-state index in [0.717, 1.165) is 17.0 Å². The van der Waals surface area contributed by atoms with E-state index in [1.54, 1.807) is 14.2 Å². The van der Waals surface area contributed by atoms with Gasteiger partial charge in [0.1, 0.15) is 5.01 Å². The number of ether oxygens (including phenoxy) is 2. The fraction of sp³-hybridized carbons (Fsp3) is 0.438. The fourth-order valence-corrected chi connectivity index (χ4v) is 2.73. The van der Waals surface area contributed by atoms with Crippen LogP contribution in [0.5, 0.6) is 11.5 Å². The highest BCUT2D eigenvalue weighted by Gasteiger charge is 2.14. The lowest BCUT2D eigenvalue weighted by Gasteiger charge is -2.08. The molecule has 1 heterocycles. The molecule has 0 bridgehead atoms. The van der Waals surface area contributed by atoms with Gasteiger partial charge in [-0.15, -0.1) is 10.2 Å². The van der Waals surface area contributed by atoms with Crippen molar-refractivity contribution in [3.63, 3.8) is 0 Å². The van der Waals surface area contributed by atoms with Crippen LogP contribution in [-0.2, 0) is 11.2 Å². The van der Waals surface area contributed by atoms with Crippen molar-refractivity contribution in [1.82, 2.24) is 10.2 Å². The number of hydrogen-bond donors (Lipinski definition) is 1. The van der Waals surface area contributed by atoms with E-state index >= 15 is 0 Å². The number of rotatable bonds is 7. The van der Waals surface area contributed by atoms with Gasteiger partial charge < -0.3 is 14.8 Å². The van der Waals surface area contributed by atoms with Crippen molar-refractivity contribution in [2.24, 2.45) is 5.92 Å². The van der Waals surface area contributed by atoms with Crippen LogP contribution in [0.4, 0.5) is 5.13 Å². The van der Waals surface area contributed by atoms with Crippen LogP contribution >= 0.6 is 11.3 Å². The van der Waals surface area contributed by atoms with Crippen molar-refractivity contribution >= 4 is 22.4 Å². The first-order valence-electron chi connectivity index (χ1n) is 7.41. The van der Waals surface area contributed by atoms with Crippen LogP contribution in [0.15, 0.2) is 18.2 Å². The molecular formula is C16H21N3O3S. The summed E-state index contributed by atoms with van der Waals surface area (Å²) >= 11 is 1.38. The Kier molecular flexibility index (Phi) is 5.92. The van der Waals surface area contributed by atoms with Crippen LogP contribution in [0.1, 0.15) is 30.8 Å². The van der Waals surface area contributed by atoms with Crippen molar-refractivity contribution < 1.29 is 14.3 Å². The molecule has 23 heavy (non-hydrogen) atoms. The average Bonchev–Trinajstić information content (AvgIpc) is 3.00. The number of carbonyl (C=O) groups excluding carboxylic acids is 1. The molecule has 6 nitrogen and oxygen atoms in total. The fourth-order valence-electron chi connectivity index (χ4n) is 1.95. The Labute approximate surface area is 139 Å². The highest BCUT2D eigenvalue weighted by atomic mass is 32.1. The second-order valence-corrected chi connectivity index (χ2v) is 6.23. The highest BCUT2D eigenvalue weighted by Crippen LogP contribution is 2.29. The Morgan fingerprint density at radius 1 is 1.26 bits per heavy atom. The summed E-state index contributed by atoms with van der Waals surface area (Å²) in [7, 11) is 3.21. The quantitative estimate of drug-likeness (QED) is 0.841. The lowest BCUT2D eigenvalue weighted by molar-refractivity contribution is -0.119. The van der Waals surface area contributed by atoms with Gasteiger partial charge in [-0.3, -0.25) is 4.79 Å². The molecule has 1 aromatic carbocycles. The third kappa shape index (κ3) is 4.41. The Morgan fingerprint density at radius 2 is 2.00 bits per heavy atom. The molecule has 1 N–H and O–H groups in total. The van der Waals surface area contributed by atoms with Crippen molar-refractivity contribution in [3.05, 3.63) is 28.8 Å². The molecule has 0 radical (unpaired) electrons. The molecule has 0 aliphatic carbocycles. The van der Waals surface area contributed by atoms with Crippen molar-refractivity contribution in [1.29, 1.82) is 0 Å². The van der Waals surface area contributed by atoms with Gasteiger partial charge in [-0.2, -0.15) is 0 Å². The zero-order valence-corrected chi connectivity index (χ0v) is 14.6. The van der Waals surface area contributed by atoms with Gasteiger partial charge in [0, 0.05) is 12.3 Å². The molecule has 1 amide bonds. The first-order valence-corrected chi connectivity index (χ1v) is 8.23. The smallest absolute Gasteiger partial charge is 0.229 e. The van der Waals surface area contributed by atoms with Gasteiger partial charge in [0.05, 0.1) is 14.2 Å². The lowest BCUT2D eigenvalue weighted by atomic mass is 10.1. The largest absolute Gasteiger partial charge is 0.493 e. The molecule has 1 atom stereocenters. The van der Waals surface area contributed by atoms with Gasteiger partial charge in [0.25, 0.3) is 0 Å². The molecule has 2 aromatic rings. The number of nitrogens with one attached hydrogen (secondary N) is 1. The summed E-state index contributed by atoms with van der Waals surface area (Å²) in [5.74, 6) is 1.31. The molecule has 0 saturated heterocycles. The highest BCUT2D eigenvalue weighted by molar-refractivity contribution is 7.15. The minimum Gasteiger partial charge on any atom is -0.493 e. The van der Waals surface area contributed by atoms with Gasteiger partial charge in [-0.05, 0) is 24.1 Å². The molecular weight excluding hydrogens is 314 g/mol. The van der Waals surface area contributed by atoms with Crippen LogP contribution < -0.4 is 14.8 Å². The Bertz CT molecular complexity index is 672. The van der Waals surface area contributed by atoms with E-state index in [1.165, 1.54) is 11.3 Å². The van der Waals surface area contributed by atoms with Crippen LogP contribution in [0.2, 0.25) is 0 Å². The molecule has 0 unspecified atom stereocenters. The van der Waals surface area contributed by atoms with E-state index < -0.39 is 0 Å². The standard InChI is InChI=1S/C16H21N3O3S/c1-5-10(2)15(20)17-16-19-18-14(23-16)9-11-6-7-12(21-3)13(8-11)22-4/h6-8,10H,5,9H2,1-4H3,(H,17,19,20)/t10-/m1/s1. The maximum absolute atomic E-state index is 11.9. The van der Waals surface area contributed by atoms with E-state index in [9.17, 15) is 4.79 Å². The van der Waals surface area contributed by atoms with Crippen molar-refractivity contribution in [2.45, 2.75) is 26.7 Å². The van der Waals surface area contributed by atoms with E-state index in [-0.39, 0.29) is 11.8 Å². The van der Waals surface area contributed by atoms with E-state index in [2.05, 4.69) is 15.5 Å². The zero-order valence-electron chi connectivity index (χ0n) is 13.8. The van der Waals surface area contributed by atoms with Crippen LogP contribution in [-0.4, -0.2) is 30.3 Å². The minimum atomic E-state index is -0.0341. The predicted octanol–water partition coefficient (Wildman–Crippen LogP) is 3.13.